The Kier molecular flexibility index (Phi) is 3.21. The number of alkyl halides is 1. The number of hydrogen-bond acceptors (Lipinski definition) is 6. The monoisotopic (exact) mass is 303 g/mol. The number of anilines is 1. The minimum atomic E-state index is -1.78. The molecule has 10 heteroatoms. The molecule has 2 aromatic heterocycles. The van der Waals surface area contributed by atoms with E-state index >= 15 is 0 Å². The number of aromatic nitrogens is 4. The van der Waals surface area contributed by atoms with Gasteiger partial charge in [-0.25, -0.2) is 4.39 Å². The number of nitrogen functional groups attached to an aromatic ring is 1. The van der Waals surface area contributed by atoms with Crippen LogP contribution in [0.3, 0.4) is 0 Å². The van der Waals surface area contributed by atoms with Crippen LogP contribution in [0.1, 0.15) is 6.23 Å². The van der Waals surface area contributed by atoms with E-state index in [2.05, 4.69) is 15.0 Å². The van der Waals surface area contributed by atoms with Crippen molar-refractivity contribution in [2.24, 2.45) is 0 Å². The van der Waals surface area contributed by atoms with Crippen molar-refractivity contribution >= 4 is 28.6 Å². The highest BCUT2D eigenvalue weighted by atomic mass is 35.5. The van der Waals surface area contributed by atoms with E-state index < -0.39 is 31.2 Å². The van der Waals surface area contributed by atoms with Gasteiger partial charge in [-0.15, -0.1) is 0 Å². The number of imidazole rings is 1. The first-order valence-electron chi connectivity index (χ1n) is 5.82. The predicted molar refractivity (Wildman–Crippen MR) is 65.4 cm³/mol. The summed E-state index contributed by atoms with van der Waals surface area (Å²) in [7, 11) is 0. The van der Waals surface area contributed by atoms with Gasteiger partial charge >= 0.3 is 5.28 Å². The molecule has 0 bridgehead atoms. The van der Waals surface area contributed by atoms with E-state index in [9.17, 15) is 9.50 Å². The van der Waals surface area contributed by atoms with Gasteiger partial charge < -0.3 is 25.7 Å². The van der Waals surface area contributed by atoms with Crippen LogP contribution >= 0.6 is 11.6 Å². The van der Waals surface area contributed by atoms with Crippen LogP contribution in [0.15, 0.2) is 6.33 Å². The Morgan fingerprint density at radius 3 is 3.00 bits per heavy atom. The molecule has 3 heterocycles. The van der Waals surface area contributed by atoms with E-state index in [1.807, 2.05) is 0 Å². The highest BCUT2D eigenvalue weighted by molar-refractivity contribution is 6.27. The van der Waals surface area contributed by atoms with Crippen molar-refractivity contribution in [3.63, 3.8) is 0 Å². The first-order valence-corrected chi connectivity index (χ1v) is 6.20. The molecular weight excluding hydrogens is 292 g/mol. The van der Waals surface area contributed by atoms with Gasteiger partial charge in [0.15, 0.2) is 18.0 Å². The van der Waals surface area contributed by atoms with Gasteiger partial charge in [0.1, 0.15) is 12.2 Å². The molecule has 20 heavy (non-hydrogen) atoms. The van der Waals surface area contributed by atoms with Crippen LogP contribution in [0.4, 0.5) is 10.2 Å². The minimum Gasteiger partial charge on any atom is -0.394 e. The van der Waals surface area contributed by atoms with Crippen LogP contribution in [0.5, 0.6) is 0 Å². The average molecular weight is 304 g/mol. The summed E-state index contributed by atoms with van der Waals surface area (Å²) in [5.41, 5.74) is 6.31. The number of ether oxygens (including phenoxy) is 1. The predicted octanol–water partition coefficient (Wildman–Crippen LogP) is -0.930. The number of aromatic amines is 1. The Hall–Kier alpha value is -1.55. The Balaban J connectivity index is 2.13. The van der Waals surface area contributed by atoms with Gasteiger partial charge in [0.05, 0.1) is 6.61 Å². The third-order valence-corrected chi connectivity index (χ3v) is 3.51. The van der Waals surface area contributed by atoms with E-state index in [0.29, 0.717) is 5.52 Å². The molecule has 1 aliphatic heterocycles. The standard InChI is InChI=1S/C10H11ClFN5O3/c11-10-16-7(13)5-8(15-2-14-5)17(10)9-4(12)6(19)3(1-18)20-9/h2-4,6,9,18-19H,1H2,(H2,13,14,15)/p+1/i12-1. The summed E-state index contributed by atoms with van der Waals surface area (Å²) < 4.78 is 20.6. The number of hydrogen-bond donors (Lipinski definition) is 4. The van der Waals surface area contributed by atoms with Crippen molar-refractivity contribution in [2.45, 2.75) is 24.6 Å². The van der Waals surface area contributed by atoms with E-state index in [0.717, 1.165) is 0 Å². The van der Waals surface area contributed by atoms with Crippen molar-refractivity contribution < 1.29 is 23.9 Å². The number of rotatable bonds is 2. The van der Waals surface area contributed by atoms with Gasteiger partial charge in [-0.1, -0.05) is 9.97 Å². The molecule has 0 aliphatic carbocycles. The number of nitrogens with one attached hydrogen (secondary N) is 1. The Morgan fingerprint density at radius 2 is 2.35 bits per heavy atom. The molecule has 1 fully saturated rings. The summed E-state index contributed by atoms with van der Waals surface area (Å²) in [6.45, 7) is -0.512. The van der Waals surface area contributed by atoms with Crippen molar-refractivity contribution in [1.82, 2.24) is 15.0 Å². The summed E-state index contributed by atoms with van der Waals surface area (Å²) in [5, 5.41) is 18.6. The summed E-state index contributed by atoms with van der Waals surface area (Å²) in [6, 6.07) is 0. The number of nitrogens with two attached hydrogens (primary N) is 1. The molecule has 0 saturated carbocycles. The Labute approximate surface area is 117 Å². The highest BCUT2D eigenvalue weighted by Gasteiger charge is 2.48. The third-order valence-electron chi connectivity index (χ3n) is 3.24. The van der Waals surface area contributed by atoms with Crippen molar-refractivity contribution in [3.8, 4) is 0 Å². The molecule has 0 radical (unpaired) electrons. The molecule has 4 unspecified atom stereocenters. The molecule has 8 nitrogen and oxygen atoms in total. The van der Waals surface area contributed by atoms with Gasteiger partial charge in [0.25, 0.3) is 5.65 Å². The summed E-state index contributed by atoms with van der Waals surface area (Å²) in [5.74, 6) is 0.117. The average Bonchev–Trinajstić information content (AvgIpc) is 2.99. The van der Waals surface area contributed by atoms with E-state index in [-0.39, 0.29) is 16.7 Å². The fraction of sp³-hybridized carbons (Fsp3) is 0.500. The smallest absolute Gasteiger partial charge is 0.339 e. The zero-order valence-electron chi connectivity index (χ0n) is 10.1. The quantitative estimate of drug-likeness (QED) is 0.420. The van der Waals surface area contributed by atoms with Gasteiger partial charge in [0.2, 0.25) is 12.0 Å². The van der Waals surface area contributed by atoms with Crippen LogP contribution < -0.4 is 10.3 Å². The molecule has 2 aromatic rings. The first-order chi connectivity index (χ1) is 9.54. The molecular formula is C10H12ClFN5O3+. The molecule has 108 valence electrons. The molecule has 0 amide bonds. The van der Waals surface area contributed by atoms with E-state index in [1.165, 1.54) is 10.9 Å². The van der Waals surface area contributed by atoms with Gasteiger partial charge in [0, 0.05) is 0 Å². The molecule has 1 aliphatic rings. The molecule has 4 atom stereocenters. The number of nitrogens with zero attached hydrogens (tertiary/aromatic N) is 3. The summed E-state index contributed by atoms with van der Waals surface area (Å²) >= 11 is 5.98. The van der Waals surface area contributed by atoms with E-state index in [1.54, 1.807) is 0 Å². The Bertz CT molecular complexity index is 653. The summed E-state index contributed by atoms with van der Waals surface area (Å²) in [6.07, 6.45) is -4.16. The molecule has 5 N–H and O–H groups in total. The van der Waals surface area contributed by atoms with Gasteiger partial charge in [-0.05, 0) is 11.6 Å². The molecule has 3 rings (SSSR count). The van der Waals surface area contributed by atoms with E-state index in [4.69, 9.17) is 27.2 Å². The van der Waals surface area contributed by atoms with Gasteiger partial charge in [-0.3, -0.25) is 0 Å². The van der Waals surface area contributed by atoms with Crippen LogP contribution in [0.2, 0.25) is 5.28 Å². The zero-order valence-corrected chi connectivity index (χ0v) is 10.8. The summed E-state index contributed by atoms with van der Waals surface area (Å²) in [4.78, 5) is 10.6. The lowest BCUT2D eigenvalue weighted by Crippen LogP contribution is -2.47. The fourth-order valence-electron chi connectivity index (χ4n) is 2.24. The van der Waals surface area contributed by atoms with Gasteiger partial charge in [-0.2, -0.15) is 4.57 Å². The maximum atomic E-state index is 14.2. The SMILES string of the molecule is Nc1nc(Cl)[n+](C2OC(CO)C(O)C2[18F])c2nc[nH]c12. The normalized spacial score (nSPS) is 30.2. The van der Waals surface area contributed by atoms with Crippen LogP contribution in [-0.2, 0) is 4.74 Å². The minimum absolute atomic E-state index is 0.117. The van der Waals surface area contributed by atoms with Crippen LogP contribution in [0, 0.1) is 0 Å². The molecule has 0 aromatic carbocycles. The lowest BCUT2D eigenvalue weighted by atomic mass is 10.1. The first kappa shape index (κ1) is 13.4. The number of halogens is 2. The number of fused-ring (bicyclic) bond motifs is 1. The number of aliphatic hydroxyl groups excluding tert-OH is 2. The molecule has 0 spiro atoms. The van der Waals surface area contributed by atoms with Crippen molar-refractivity contribution in [2.75, 3.05) is 12.3 Å². The lowest BCUT2D eigenvalue weighted by Gasteiger charge is -2.13. The van der Waals surface area contributed by atoms with Crippen molar-refractivity contribution in [1.29, 1.82) is 0 Å². The number of H-pyrrole nitrogens is 1. The fourth-order valence-corrected chi connectivity index (χ4v) is 2.51. The topological polar surface area (TPSA) is 121 Å². The number of aliphatic hydroxyl groups is 2. The third kappa shape index (κ3) is 1.82. The second-order valence-electron chi connectivity index (χ2n) is 4.42. The largest absolute Gasteiger partial charge is 0.394 e. The maximum absolute atomic E-state index is 14.2. The second kappa shape index (κ2) is 4.77. The van der Waals surface area contributed by atoms with Crippen LogP contribution in [-0.4, -0.2) is 50.2 Å². The van der Waals surface area contributed by atoms with Crippen LogP contribution in [0.25, 0.3) is 11.2 Å². The zero-order chi connectivity index (χ0) is 14.4. The molecule has 1 saturated heterocycles. The lowest BCUT2D eigenvalue weighted by molar-refractivity contribution is -0.743. The maximum Gasteiger partial charge on any atom is 0.339 e. The second-order valence-corrected chi connectivity index (χ2v) is 4.76. The highest BCUT2D eigenvalue weighted by Crippen LogP contribution is 2.30. The Morgan fingerprint density at radius 1 is 1.60 bits per heavy atom. The van der Waals surface area contributed by atoms with Crippen molar-refractivity contribution in [3.05, 3.63) is 11.6 Å².